The number of nitrogens with zero attached hydrogens (tertiary/aromatic N) is 4. The predicted octanol–water partition coefficient (Wildman–Crippen LogP) is 2.36. The van der Waals surface area contributed by atoms with Crippen molar-refractivity contribution in [3.8, 4) is 0 Å². The number of aromatic nitrogens is 3. The quantitative estimate of drug-likeness (QED) is 0.873. The SMILES string of the molecule is Cc1csc(C(=O)N2CC(c3ncc(C4CC4)cn3)C2)n1. The summed E-state index contributed by atoms with van der Waals surface area (Å²) in [7, 11) is 0. The highest BCUT2D eigenvalue weighted by atomic mass is 32.1. The normalized spacial score (nSPS) is 18.6. The third kappa shape index (κ3) is 2.44. The molecule has 1 saturated heterocycles. The number of carbonyl (C=O) groups is 1. The average Bonchev–Trinajstić information content (AvgIpc) is 3.20. The zero-order valence-electron chi connectivity index (χ0n) is 11.8. The van der Waals surface area contributed by atoms with Gasteiger partial charge in [0.1, 0.15) is 5.82 Å². The van der Waals surface area contributed by atoms with Crippen LogP contribution in [0, 0.1) is 6.92 Å². The zero-order valence-corrected chi connectivity index (χ0v) is 12.6. The Morgan fingerprint density at radius 1 is 1.24 bits per heavy atom. The molecule has 3 heterocycles. The van der Waals surface area contributed by atoms with Gasteiger partial charge in [-0.15, -0.1) is 11.3 Å². The van der Waals surface area contributed by atoms with E-state index in [1.807, 2.05) is 29.6 Å². The summed E-state index contributed by atoms with van der Waals surface area (Å²) in [5.74, 6) is 1.84. The molecule has 2 aliphatic rings. The lowest BCUT2D eigenvalue weighted by Gasteiger charge is -2.37. The number of amides is 1. The van der Waals surface area contributed by atoms with Crippen molar-refractivity contribution in [2.75, 3.05) is 13.1 Å². The van der Waals surface area contributed by atoms with Crippen LogP contribution in [0.4, 0.5) is 0 Å². The van der Waals surface area contributed by atoms with Crippen molar-refractivity contribution in [2.45, 2.75) is 31.6 Å². The monoisotopic (exact) mass is 300 g/mol. The molecule has 1 aliphatic carbocycles. The molecule has 0 bridgehead atoms. The fourth-order valence-electron chi connectivity index (χ4n) is 2.58. The molecule has 5 nitrogen and oxygen atoms in total. The van der Waals surface area contributed by atoms with E-state index in [0.717, 1.165) is 11.5 Å². The molecule has 108 valence electrons. The number of thiazole rings is 1. The maximum Gasteiger partial charge on any atom is 0.282 e. The maximum absolute atomic E-state index is 12.2. The van der Waals surface area contributed by atoms with Gasteiger partial charge in [0.25, 0.3) is 5.91 Å². The molecule has 0 N–H and O–H groups in total. The van der Waals surface area contributed by atoms with E-state index >= 15 is 0 Å². The summed E-state index contributed by atoms with van der Waals surface area (Å²) in [6, 6.07) is 0. The fourth-order valence-corrected chi connectivity index (χ4v) is 3.34. The Morgan fingerprint density at radius 3 is 2.52 bits per heavy atom. The lowest BCUT2D eigenvalue weighted by molar-refractivity contribution is 0.0594. The van der Waals surface area contributed by atoms with Crippen molar-refractivity contribution in [3.63, 3.8) is 0 Å². The Hall–Kier alpha value is -1.82. The third-order valence-corrected chi connectivity index (χ3v) is 5.02. The van der Waals surface area contributed by atoms with Crippen LogP contribution in [0.25, 0.3) is 0 Å². The van der Waals surface area contributed by atoms with Crippen LogP contribution in [0.15, 0.2) is 17.8 Å². The predicted molar refractivity (Wildman–Crippen MR) is 79.5 cm³/mol. The van der Waals surface area contributed by atoms with Crippen LogP contribution in [0.2, 0.25) is 0 Å². The maximum atomic E-state index is 12.2. The van der Waals surface area contributed by atoms with Gasteiger partial charge >= 0.3 is 0 Å². The molecule has 21 heavy (non-hydrogen) atoms. The van der Waals surface area contributed by atoms with Crippen LogP contribution in [-0.2, 0) is 0 Å². The summed E-state index contributed by atoms with van der Waals surface area (Å²) in [4.78, 5) is 27.2. The van der Waals surface area contributed by atoms with Crippen LogP contribution in [0.1, 0.15) is 51.6 Å². The highest BCUT2D eigenvalue weighted by Gasteiger charge is 2.35. The molecule has 0 unspecified atom stereocenters. The molecule has 1 amide bonds. The van der Waals surface area contributed by atoms with E-state index in [9.17, 15) is 4.79 Å². The fraction of sp³-hybridized carbons (Fsp3) is 0.467. The van der Waals surface area contributed by atoms with Gasteiger partial charge in [0.05, 0.1) is 5.92 Å². The molecular weight excluding hydrogens is 284 g/mol. The summed E-state index contributed by atoms with van der Waals surface area (Å²) >= 11 is 1.41. The lowest BCUT2D eigenvalue weighted by Crippen LogP contribution is -2.49. The van der Waals surface area contributed by atoms with Gasteiger partial charge in [-0.1, -0.05) is 0 Å². The minimum atomic E-state index is 0.0268. The van der Waals surface area contributed by atoms with Crippen LogP contribution in [0.3, 0.4) is 0 Å². The summed E-state index contributed by atoms with van der Waals surface area (Å²) < 4.78 is 0. The molecule has 1 aliphatic heterocycles. The number of likely N-dealkylation sites (tertiary alicyclic amines) is 1. The van der Waals surface area contributed by atoms with Gasteiger partial charge < -0.3 is 4.90 Å². The van der Waals surface area contributed by atoms with E-state index < -0.39 is 0 Å². The molecule has 2 aromatic heterocycles. The topological polar surface area (TPSA) is 59.0 Å². The van der Waals surface area contributed by atoms with Gasteiger partial charge in [-0.2, -0.15) is 0 Å². The van der Waals surface area contributed by atoms with Crippen molar-refractivity contribution in [2.24, 2.45) is 0 Å². The summed E-state index contributed by atoms with van der Waals surface area (Å²) in [5.41, 5.74) is 2.16. The van der Waals surface area contributed by atoms with Crippen LogP contribution >= 0.6 is 11.3 Å². The van der Waals surface area contributed by atoms with Crippen molar-refractivity contribution in [3.05, 3.63) is 39.9 Å². The molecule has 0 spiro atoms. The molecule has 0 atom stereocenters. The van der Waals surface area contributed by atoms with Crippen molar-refractivity contribution >= 4 is 17.2 Å². The Labute approximate surface area is 127 Å². The van der Waals surface area contributed by atoms with E-state index in [1.54, 1.807) is 0 Å². The molecule has 1 saturated carbocycles. The Morgan fingerprint density at radius 2 is 1.95 bits per heavy atom. The lowest BCUT2D eigenvalue weighted by atomic mass is 9.99. The number of rotatable bonds is 3. The number of aryl methyl sites for hydroxylation is 1. The number of carbonyl (C=O) groups excluding carboxylic acids is 1. The highest BCUT2D eigenvalue weighted by molar-refractivity contribution is 7.11. The van der Waals surface area contributed by atoms with Gasteiger partial charge in [-0.25, -0.2) is 15.0 Å². The first-order valence-electron chi connectivity index (χ1n) is 7.24. The minimum absolute atomic E-state index is 0.0268. The molecular formula is C15H16N4OS. The van der Waals surface area contributed by atoms with Gasteiger partial charge in [0.2, 0.25) is 0 Å². The third-order valence-electron chi connectivity index (χ3n) is 4.08. The molecule has 2 fully saturated rings. The van der Waals surface area contributed by atoms with Gasteiger partial charge in [-0.3, -0.25) is 4.79 Å². The average molecular weight is 300 g/mol. The van der Waals surface area contributed by atoms with Gasteiger partial charge in [-0.05, 0) is 31.2 Å². The summed E-state index contributed by atoms with van der Waals surface area (Å²) in [6.45, 7) is 3.29. The van der Waals surface area contributed by atoms with Crippen molar-refractivity contribution in [1.82, 2.24) is 19.9 Å². The second kappa shape index (κ2) is 4.87. The Kier molecular flexibility index (Phi) is 2.99. The standard InChI is InChI=1S/C15H16N4OS/c1-9-8-21-14(18-9)15(20)19-6-12(7-19)13-16-4-11(5-17-13)10-2-3-10/h4-5,8,10,12H,2-3,6-7H2,1H3. The van der Waals surface area contributed by atoms with Crippen LogP contribution in [-0.4, -0.2) is 38.8 Å². The van der Waals surface area contributed by atoms with E-state index in [1.165, 1.54) is 29.7 Å². The smallest absolute Gasteiger partial charge is 0.282 e. The number of hydrogen-bond acceptors (Lipinski definition) is 5. The highest BCUT2D eigenvalue weighted by Crippen LogP contribution is 2.39. The zero-order chi connectivity index (χ0) is 14.4. The first-order chi connectivity index (χ1) is 10.2. The molecule has 0 aromatic carbocycles. The van der Waals surface area contributed by atoms with E-state index in [2.05, 4.69) is 15.0 Å². The Bertz CT molecular complexity index is 671. The summed E-state index contributed by atoms with van der Waals surface area (Å²) in [5, 5.41) is 2.49. The Balaban J connectivity index is 1.39. The minimum Gasteiger partial charge on any atom is -0.335 e. The molecule has 2 aromatic rings. The first kappa shape index (κ1) is 12.9. The van der Waals surface area contributed by atoms with Gasteiger partial charge in [0, 0.05) is 36.6 Å². The second-order valence-corrected chi connectivity index (χ2v) is 6.71. The first-order valence-corrected chi connectivity index (χ1v) is 8.12. The second-order valence-electron chi connectivity index (χ2n) is 5.85. The number of hydrogen-bond donors (Lipinski definition) is 0. The van der Waals surface area contributed by atoms with Crippen LogP contribution < -0.4 is 0 Å². The van der Waals surface area contributed by atoms with Crippen LogP contribution in [0.5, 0.6) is 0 Å². The summed E-state index contributed by atoms with van der Waals surface area (Å²) in [6.07, 6.45) is 6.44. The van der Waals surface area contributed by atoms with Gasteiger partial charge in [0.15, 0.2) is 5.01 Å². The molecule has 6 heteroatoms. The van der Waals surface area contributed by atoms with E-state index in [-0.39, 0.29) is 11.8 Å². The molecule has 4 rings (SSSR count). The van der Waals surface area contributed by atoms with E-state index in [4.69, 9.17) is 0 Å². The van der Waals surface area contributed by atoms with E-state index in [0.29, 0.717) is 24.0 Å². The van der Waals surface area contributed by atoms with Crippen molar-refractivity contribution in [1.29, 1.82) is 0 Å². The molecule has 0 radical (unpaired) electrons. The van der Waals surface area contributed by atoms with Crippen molar-refractivity contribution < 1.29 is 4.79 Å². The largest absolute Gasteiger partial charge is 0.335 e.